The van der Waals surface area contributed by atoms with Gasteiger partial charge in [0.05, 0.1) is 0 Å². The van der Waals surface area contributed by atoms with Crippen molar-refractivity contribution >= 4 is 28.9 Å². The monoisotopic (exact) mass is 333 g/mol. The first-order valence-corrected chi connectivity index (χ1v) is 8.57. The molecule has 0 saturated heterocycles. The quantitative estimate of drug-likeness (QED) is 0.552. The summed E-state index contributed by atoms with van der Waals surface area (Å²) in [4.78, 5) is 4.72. The van der Waals surface area contributed by atoms with E-state index in [0.29, 0.717) is 0 Å². The molecule has 0 aromatic heterocycles. The Morgan fingerprint density at radius 2 is 1.81 bits per heavy atom. The highest BCUT2D eigenvalue weighted by Gasteiger charge is 2.06. The van der Waals surface area contributed by atoms with Crippen molar-refractivity contribution in [1.29, 1.82) is 0 Å². The molecule has 0 bridgehead atoms. The van der Waals surface area contributed by atoms with Gasteiger partial charge in [-0.1, -0.05) is 17.7 Å². The second-order valence-corrected chi connectivity index (χ2v) is 5.30. The van der Waals surface area contributed by atoms with Crippen molar-refractivity contribution in [2.45, 2.75) is 19.8 Å². The Bertz CT molecular complexity index is 361. The van der Waals surface area contributed by atoms with E-state index in [1.165, 1.54) is 18.5 Å². The molecule has 0 atom stereocenters. The van der Waals surface area contributed by atoms with Crippen LogP contribution in [0.2, 0.25) is 5.02 Å². The van der Waals surface area contributed by atoms with Crippen LogP contribution in [0, 0.1) is 0 Å². The molecule has 0 aliphatic heterocycles. The first kappa shape index (κ1) is 20.5. The normalized spacial score (nSPS) is 10.2. The molecule has 0 unspecified atom stereocenters. The summed E-state index contributed by atoms with van der Waals surface area (Å²) in [7, 11) is 2.17. The molecule has 0 aliphatic rings. The molecular weight excluding hydrogens is 305 g/mol. The molecule has 0 radical (unpaired) electrons. The summed E-state index contributed by atoms with van der Waals surface area (Å²) < 4.78 is 0. The minimum Gasteiger partial charge on any atom is -0.370 e. The molecule has 0 amide bonds. The fourth-order valence-electron chi connectivity index (χ4n) is 2.07. The Balaban J connectivity index is 0.00000191. The van der Waals surface area contributed by atoms with Gasteiger partial charge in [0, 0.05) is 36.7 Å². The van der Waals surface area contributed by atoms with Gasteiger partial charge in [-0.2, -0.15) is 0 Å². The van der Waals surface area contributed by atoms with Crippen molar-refractivity contribution in [1.82, 2.24) is 4.90 Å². The molecule has 122 valence electrons. The molecule has 0 aliphatic carbocycles. The molecule has 0 heterocycles. The van der Waals surface area contributed by atoms with Gasteiger partial charge in [-0.3, -0.25) is 0 Å². The van der Waals surface area contributed by atoms with Gasteiger partial charge in [-0.05, 0) is 58.1 Å². The lowest BCUT2D eigenvalue weighted by atomic mass is 10.2. The number of hydrogen-bond acceptors (Lipinski definition) is 3. The summed E-state index contributed by atoms with van der Waals surface area (Å²) in [5.74, 6) is 0. The van der Waals surface area contributed by atoms with Gasteiger partial charge in [0.2, 0.25) is 0 Å². The molecule has 0 spiro atoms. The van der Waals surface area contributed by atoms with Crippen LogP contribution >= 0.6 is 23.2 Å². The zero-order valence-electron chi connectivity index (χ0n) is 13.5. The molecule has 21 heavy (non-hydrogen) atoms. The summed E-state index contributed by atoms with van der Waals surface area (Å²) in [6, 6.07) is 8.06. The van der Waals surface area contributed by atoms with Crippen LogP contribution in [0.5, 0.6) is 0 Å². The van der Waals surface area contributed by atoms with E-state index in [1.54, 1.807) is 0 Å². The van der Waals surface area contributed by atoms with E-state index in [9.17, 15) is 0 Å². The van der Waals surface area contributed by atoms with Gasteiger partial charge in [-0.25, -0.2) is 0 Å². The number of anilines is 1. The lowest BCUT2D eigenvalue weighted by Crippen LogP contribution is -2.33. The first-order valence-electron chi connectivity index (χ1n) is 7.44. The van der Waals surface area contributed by atoms with Gasteiger partial charge in [0.15, 0.2) is 0 Å². The maximum atomic E-state index is 6.04. The highest BCUT2D eigenvalue weighted by atomic mass is 35.5. The van der Waals surface area contributed by atoms with Crippen LogP contribution in [0.1, 0.15) is 19.8 Å². The third kappa shape index (κ3) is 9.20. The Hall–Kier alpha value is -0.480. The summed E-state index contributed by atoms with van der Waals surface area (Å²) >= 11 is 10.7. The number of nitrogens with zero attached hydrogens (tertiary/aromatic N) is 2. The molecule has 0 saturated carbocycles. The van der Waals surface area contributed by atoms with E-state index in [1.807, 2.05) is 18.2 Å². The second kappa shape index (κ2) is 13.2. The number of likely N-dealkylation sites (N-methyl/N-ethyl adjacent to an activating group) is 2. The van der Waals surface area contributed by atoms with E-state index in [4.69, 9.17) is 17.3 Å². The topological polar surface area (TPSA) is 32.5 Å². The lowest BCUT2D eigenvalue weighted by Gasteiger charge is -2.26. The van der Waals surface area contributed by atoms with Gasteiger partial charge in [0.1, 0.15) is 0 Å². The van der Waals surface area contributed by atoms with E-state index in [0.717, 1.165) is 44.2 Å². The Morgan fingerprint density at radius 3 is 2.38 bits per heavy atom. The van der Waals surface area contributed by atoms with Crippen molar-refractivity contribution in [3.8, 4) is 0 Å². The summed E-state index contributed by atoms with van der Waals surface area (Å²) in [5, 5.41) is 0.798. The summed E-state index contributed by atoms with van der Waals surface area (Å²) in [6.07, 6.45) is 3.76. The van der Waals surface area contributed by atoms with E-state index in [-0.39, 0.29) is 0 Å². The molecule has 2 N–H and O–H groups in total. The number of rotatable bonds is 9. The van der Waals surface area contributed by atoms with Crippen molar-refractivity contribution in [3.05, 3.63) is 29.3 Å². The molecule has 0 fully saturated rings. The van der Waals surface area contributed by atoms with Crippen molar-refractivity contribution in [2.75, 3.05) is 51.1 Å². The molecule has 5 heteroatoms. The molecule has 1 aromatic rings. The third-order valence-corrected chi connectivity index (χ3v) is 3.54. The predicted octanol–water partition coefficient (Wildman–Crippen LogP) is 3.69. The maximum Gasteiger partial charge on any atom is 0.0426 e. The zero-order chi connectivity index (χ0) is 16.1. The van der Waals surface area contributed by atoms with Crippen LogP contribution < -0.4 is 10.6 Å². The van der Waals surface area contributed by atoms with Gasteiger partial charge in [-0.15, -0.1) is 11.6 Å². The van der Waals surface area contributed by atoms with E-state index >= 15 is 0 Å². The van der Waals surface area contributed by atoms with Crippen molar-refractivity contribution < 1.29 is 0 Å². The number of halogens is 2. The highest BCUT2D eigenvalue weighted by molar-refractivity contribution is 6.30. The van der Waals surface area contributed by atoms with Crippen LogP contribution in [-0.4, -0.2) is 51.1 Å². The van der Waals surface area contributed by atoms with E-state index < -0.39 is 0 Å². The number of alkyl halides is 1. The number of unbranched alkanes of at least 4 members (excludes halogenated alkanes) is 1. The van der Waals surface area contributed by atoms with Crippen LogP contribution in [0.4, 0.5) is 5.69 Å². The SMILES string of the molecule is CCN(CCN(C)CCCCN)c1cccc(Cl)c1.CCl. The van der Waals surface area contributed by atoms with Crippen molar-refractivity contribution in [2.24, 2.45) is 5.73 Å². The largest absolute Gasteiger partial charge is 0.370 e. The minimum absolute atomic E-state index is 0.789. The Morgan fingerprint density at radius 1 is 1.10 bits per heavy atom. The third-order valence-electron chi connectivity index (χ3n) is 3.30. The van der Waals surface area contributed by atoms with Gasteiger partial charge < -0.3 is 15.5 Å². The molecule has 1 rings (SSSR count). The number of benzene rings is 1. The van der Waals surface area contributed by atoms with Gasteiger partial charge >= 0.3 is 0 Å². The van der Waals surface area contributed by atoms with Gasteiger partial charge in [0.25, 0.3) is 0 Å². The molecule has 3 nitrogen and oxygen atoms in total. The highest BCUT2D eigenvalue weighted by Crippen LogP contribution is 2.19. The van der Waals surface area contributed by atoms with Crippen LogP contribution in [-0.2, 0) is 0 Å². The summed E-state index contributed by atoms with van der Waals surface area (Å²) in [6.45, 7) is 7.16. The van der Waals surface area contributed by atoms with Crippen molar-refractivity contribution in [3.63, 3.8) is 0 Å². The zero-order valence-corrected chi connectivity index (χ0v) is 15.0. The maximum absolute atomic E-state index is 6.04. The smallest absolute Gasteiger partial charge is 0.0426 e. The van der Waals surface area contributed by atoms with E-state index in [2.05, 4.69) is 41.4 Å². The van der Waals surface area contributed by atoms with Crippen LogP contribution in [0.15, 0.2) is 24.3 Å². The van der Waals surface area contributed by atoms with Crippen LogP contribution in [0.3, 0.4) is 0 Å². The first-order chi connectivity index (χ1) is 10.2. The lowest BCUT2D eigenvalue weighted by molar-refractivity contribution is 0.332. The second-order valence-electron chi connectivity index (χ2n) is 4.86. The Kier molecular flexibility index (Phi) is 12.9. The fraction of sp³-hybridized carbons (Fsp3) is 0.625. The fourth-order valence-corrected chi connectivity index (χ4v) is 2.26. The number of nitrogens with two attached hydrogens (primary N) is 1. The molecular formula is C16H29Cl2N3. The minimum atomic E-state index is 0.789. The Labute approximate surface area is 140 Å². The average molecular weight is 334 g/mol. The average Bonchev–Trinajstić information content (AvgIpc) is 2.50. The summed E-state index contributed by atoms with van der Waals surface area (Å²) in [5.41, 5.74) is 6.71. The van der Waals surface area contributed by atoms with Crippen LogP contribution in [0.25, 0.3) is 0 Å². The number of hydrogen-bond donors (Lipinski definition) is 1. The standard InChI is InChI=1S/C15H26ClN3.CH3Cl/c1-3-19(15-8-6-7-14(16)13-15)12-11-18(2)10-5-4-9-17;1-2/h6-8,13H,3-5,9-12,17H2,1-2H3;1H3. The molecule has 1 aromatic carbocycles. The predicted molar refractivity (Wildman–Crippen MR) is 96.9 cm³/mol.